The maximum Gasteiger partial charge on any atom is 0.323 e. The van der Waals surface area contributed by atoms with Crippen molar-refractivity contribution in [3.05, 3.63) is 84.7 Å². The molecule has 33 heavy (non-hydrogen) atoms. The molecular weight excluding hydrogens is 412 g/mol. The normalized spacial score (nSPS) is 11.3. The van der Waals surface area contributed by atoms with Crippen LogP contribution in [0.3, 0.4) is 0 Å². The third kappa shape index (κ3) is 3.36. The first kappa shape index (κ1) is 19.1. The molecule has 0 spiro atoms. The lowest BCUT2D eigenvalue weighted by Crippen LogP contribution is -2.19. The summed E-state index contributed by atoms with van der Waals surface area (Å²) >= 11 is 0. The van der Waals surface area contributed by atoms with E-state index in [1.165, 1.54) is 0 Å². The molecule has 0 atom stereocenters. The zero-order chi connectivity index (χ0) is 22.4. The molecule has 0 radical (unpaired) electrons. The smallest absolute Gasteiger partial charge is 0.308 e. The van der Waals surface area contributed by atoms with E-state index in [0.717, 1.165) is 49.6 Å². The molecule has 3 aromatic carbocycles. The fraction of sp³-hybridized carbons (Fsp3) is 0.0385. The Morgan fingerprint density at radius 3 is 1.91 bits per heavy atom. The van der Waals surface area contributed by atoms with Gasteiger partial charge in [-0.25, -0.2) is 14.8 Å². The molecule has 0 fully saturated rings. The average Bonchev–Trinajstić information content (AvgIpc) is 2.84. The number of hydrogen-bond donors (Lipinski definition) is 2. The lowest BCUT2D eigenvalue weighted by atomic mass is 10.1. The molecule has 2 amide bonds. The average molecular weight is 430 g/mol. The van der Waals surface area contributed by atoms with Crippen LogP contribution < -0.4 is 10.6 Å². The van der Waals surface area contributed by atoms with Crippen LogP contribution in [-0.2, 0) is 0 Å². The Labute approximate surface area is 188 Å². The van der Waals surface area contributed by atoms with Gasteiger partial charge in [-0.3, -0.25) is 9.97 Å². The second-order valence-corrected chi connectivity index (χ2v) is 7.87. The minimum Gasteiger partial charge on any atom is -0.308 e. The van der Waals surface area contributed by atoms with E-state index < -0.39 is 0 Å². The Morgan fingerprint density at radius 1 is 0.667 bits per heavy atom. The Hall–Kier alpha value is -4.65. The summed E-state index contributed by atoms with van der Waals surface area (Å²) < 4.78 is 0. The molecule has 158 valence electrons. The third-order valence-electron chi connectivity index (χ3n) is 5.58. The van der Waals surface area contributed by atoms with Crippen molar-refractivity contribution in [2.45, 2.75) is 6.92 Å². The van der Waals surface area contributed by atoms with E-state index in [1.807, 2.05) is 73.7 Å². The standard InChI is InChI=1S/C26H18N6O/c1-15-6-8-16(9-7-15)29-26(33)30-17-10-11-20-21(14-17)32-25-19-5-3-13-28-23(19)22-18(24(25)31-20)4-2-12-27-22/h2-14H,1H3,(H2,29,30,33). The van der Waals surface area contributed by atoms with E-state index in [4.69, 9.17) is 9.97 Å². The summed E-state index contributed by atoms with van der Waals surface area (Å²) in [5.41, 5.74) is 7.05. The van der Waals surface area contributed by atoms with Gasteiger partial charge < -0.3 is 10.6 Å². The number of benzene rings is 3. The molecule has 2 N–H and O–H groups in total. The molecule has 0 aliphatic rings. The number of aryl methyl sites for hydroxylation is 1. The molecule has 0 bridgehead atoms. The second-order valence-electron chi connectivity index (χ2n) is 7.87. The van der Waals surface area contributed by atoms with Crippen LogP contribution in [0.5, 0.6) is 0 Å². The van der Waals surface area contributed by atoms with E-state index >= 15 is 0 Å². The second kappa shape index (κ2) is 7.49. The van der Waals surface area contributed by atoms with Gasteiger partial charge in [-0.15, -0.1) is 0 Å². The SMILES string of the molecule is Cc1ccc(NC(=O)Nc2ccc3nc4c5cccnc5c5ncccc5c4nc3c2)cc1. The van der Waals surface area contributed by atoms with Crippen LogP contribution in [-0.4, -0.2) is 26.0 Å². The maximum absolute atomic E-state index is 12.5. The number of carbonyl (C=O) groups is 1. The first-order valence-electron chi connectivity index (χ1n) is 10.5. The zero-order valence-corrected chi connectivity index (χ0v) is 17.7. The number of hydrogen-bond acceptors (Lipinski definition) is 5. The van der Waals surface area contributed by atoms with E-state index in [9.17, 15) is 4.79 Å². The van der Waals surface area contributed by atoms with Gasteiger partial charge in [-0.1, -0.05) is 17.7 Å². The minimum atomic E-state index is -0.321. The molecule has 3 heterocycles. The van der Waals surface area contributed by atoms with Crippen LogP contribution in [0.1, 0.15) is 5.56 Å². The summed E-state index contributed by atoms with van der Waals surface area (Å²) in [7, 11) is 0. The van der Waals surface area contributed by atoms with Gasteiger partial charge in [0.1, 0.15) is 0 Å². The van der Waals surface area contributed by atoms with Gasteiger partial charge in [0.05, 0.1) is 33.1 Å². The van der Waals surface area contributed by atoms with Gasteiger partial charge in [0.2, 0.25) is 0 Å². The lowest BCUT2D eigenvalue weighted by Gasteiger charge is -2.10. The number of aromatic nitrogens is 4. The number of pyridine rings is 2. The molecule has 0 saturated carbocycles. The van der Waals surface area contributed by atoms with E-state index in [1.54, 1.807) is 12.4 Å². The lowest BCUT2D eigenvalue weighted by molar-refractivity contribution is 0.262. The number of amides is 2. The minimum absolute atomic E-state index is 0.321. The van der Waals surface area contributed by atoms with Gasteiger partial charge in [0.15, 0.2) is 0 Å². The highest BCUT2D eigenvalue weighted by atomic mass is 16.2. The Bertz CT molecular complexity index is 1700. The zero-order valence-electron chi connectivity index (χ0n) is 17.7. The predicted octanol–water partition coefficient (Wildman–Crippen LogP) is 5.83. The summed E-state index contributed by atoms with van der Waals surface area (Å²) in [4.78, 5) is 31.4. The summed E-state index contributed by atoms with van der Waals surface area (Å²) in [6.07, 6.45) is 3.52. The van der Waals surface area contributed by atoms with E-state index in [0.29, 0.717) is 11.2 Å². The molecule has 7 nitrogen and oxygen atoms in total. The predicted molar refractivity (Wildman–Crippen MR) is 131 cm³/mol. The first-order valence-corrected chi connectivity index (χ1v) is 10.5. The molecule has 3 aromatic heterocycles. The van der Waals surface area contributed by atoms with Gasteiger partial charge in [-0.05, 0) is 61.5 Å². The fourth-order valence-corrected chi connectivity index (χ4v) is 4.01. The fourth-order valence-electron chi connectivity index (χ4n) is 4.01. The van der Waals surface area contributed by atoms with Crippen LogP contribution in [0.2, 0.25) is 0 Å². The number of nitrogens with zero attached hydrogens (tertiary/aromatic N) is 4. The number of urea groups is 1. The van der Waals surface area contributed by atoms with Gasteiger partial charge in [0.25, 0.3) is 0 Å². The summed E-state index contributed by atoms with van der Waals surface area (Å²) in [5, 5.41) is 7.51. The maximum atomic E-state index is 12.5. The molecule has 7 heteroatoms. The highest BCUT2D eigenvalue weighted by molar-refractivity contribution is 6.21. The summed E-state index contributed by atoms with van der Waals surface area (Å²) in [5.74, 6) is 0. The van der Waals surface area contributed by atoms with Crippen molar-refractivity contribution < 1.29 is 4.79 Å². The van der Waals surface area contributed by atoms with E-state index in [-0.39, 0.29) is 6.03 Å². The topological polar surface area (TPSA) is 92.7 Å². The van der Waals surface area contributed by atoms with Crippen molar-refractivity contribution in [2.75, 3.05) is 10.6 Å². The molecule has 6 aromatic rings. The Kier molecular flexibility index (Phi) is 4.33. The van der Waals surface area contributed by atoms with Crippen molar-refractivity contribution >= 4 is 61.3 Å². The summed E-state index contributed by atoms with van der Waals surface area (Å²) in [6, 6.07) is 20.6. The number of nitrogens with one attached hydrogen (secondary N) is 2. The van der Waals surface area contributed by atoms with Crippen LogP contribution in [0, 0.1) is 6.92 Å². The van der Waals surface area contributed by atoms with Crippen molar-refractivity contribution in [1.29, 1.82) is 0 Å². The molecule has 6 rings (SSSR count). The quantitative estimate of drug-likeness (QED) is 0.266. The molecule has 0 unspecified atom stereocenters. The van der Waals surface area contributed by atoms with Crippen LogP contribution in [0.4, 0.5) is 16.2 Å². The van der Waals surface area contributed by atoms with E-state index in [2.05, 4.69) is 20.6 Å². The monoisotopic (exact) mass is 430 g/mol. The molecule has 0 aliphatic heterocycles. The van der Waals surface area contributed by atoms with Crippen molar-refractivity contribution in [3.8, 4) is 0 Å². The van der Waals surface area contributed by atoms with Gasteiger partial charge >= 0.3 is 6.03 Å². The number of anilines is 2. The highest BCUT2D eigenvalue weighted by Crippen LogP contribution is 2.32. The van der Waals surface area contributed by atoms with Crippen LogP contribution in [0.25, 0.3) is 43.9 Å². The van der Waals surface area contributed by atoms with Crippen molar-refractivity contribution in [1.82, 2.24) is 19.9 Å². The molecular formula is C26H18N6O. The third-order valence-corrected chi connectivity index (χ3v) is 5.58. The number of carbonyl (C=O) groups excluding carboxylic acids is 1. The summed E-state index contributed by atoms with van der Waals surface area (Å²) in [6.45, 7) is 2.00. The molecule has 0 aliphatic carbocycles. The van der Waals surface area contributed by atoms with Crippen molar-refractivity contribution in [2.24, 2.45) is 0 Å². The largest absolute Gasteiger partial charge is 0.323 e. The highest BCUT2D eigenvalue weighted by Gasteiger charge is 2.14. The Morgan fingerprint density at radius 2 is 1.24 bits per heavy atom. The number of fused-ring (bicyclic) bond motifs is 7. The first-order chi connectivity index (χ1) is 16.2. The van der Waals surface area contributed by atoms with Gasteiger partial charge in [-0.2, -0.15) is 0 Å². The Balaban J connectivity index is 1.44. The number of rotatable bonds is 2. The molecule has 0 saturated heterocycles. The van der Waals surface area contributed by atoms with Gasteiger partial charge in [0, 0.05) is 34.5 Å². The van der Waals surface area contributed by atoms with Crippen molar-refractivity contribution in [3.63, 3.8) is 0 Å². The van der Waals surface area contributed by atoms with Crippen LogP contribution >= 0.6 is 0 Å². The van der Waals surface area contributed by atoms with Crippen LogP contribution in [0.15, 0.2) is 79.1 Å².